The van der Waals surface area contributed by atoms with Gasteiger partial charge in [-0.2, -0.15) is 0 Å². The van der Waals surface area contributed by atoms with Crippen LogP contribution in [0.1, 0.15) is 25.0 Å². The molecule has 0 saturated heterocycles. The van der Waals surface area contributed by atoms with Gasteiger partial charge in [-0.25, -0.2) is 0 Å². The second kappa shape index (κ2) is 18.1. The predicted molar refractivity (Wildman–Crippen MR) is 176 cm³/mol. The lowest BCUT2D eigenvalue weighted by Gasteiger charge is -2.01. The first-order valence-electron chi connectivity index (χ1n) is 12.0. The second-order valence-electron chi connectivity index (χ2n) is 8.50. The zero-order valence-electron chi connectivity index (χ0n) is 22.3. The van der Waals surface area contributed by atoms with E-state index in [1.165, 1.54) is 39.9 Å². The zero-order chi connectivity index (χ0) is 29.5. The Balaban J connectivity index is 0.000000316. The van der Waals surface area contributed by atoms with E-state index in [0.29, 0.717) is 13.1 Å². The minimum atomic E-state index is -0.907. The molecule has 8 nitrogen and oxygen atoms in total. The Morgan fingerprint density at radius 3 is 1.59 bits per heavy atom. The lowest BCUT2D eigenvalue weighted by atomic mass is 10.1. The minimum Gasteiger partial charge on any atom is -0.350 e. The summed E-state index contributed by atoms with van der Waals surface area (Å²) in [5, 5.41) is 4.22. The number of nitrogens with zero attached hydrogens (tertiary/aromatic N) is 2. The van der Waals surface area contributed by atoms with Crippen molar-refractivity contribution in [1.29, 1.82) is 0 Å². The van der Waals surface area contributed by atoms with Crippen LogP contribution in [0, 0.1) is 0 Å². The van der Waals surface area contributed by atoms with Crippen molar-refractivity contribution in [2.45, 2.75) is 26.7 Å². The molecule has 0 spiro atoms. The number of benzene rings is 2. The summed E-state index contributed by atoms with van der Waals surface area (Å²) in [6.07, 6.45) is 5.91. The normalized spacial score (nSPS) is 9.85. The molecule has 0 saturated carbocycles. The Hall–Kier alpha value is -2.29. The van der Waals surface area contributed by atoms with E-state index in [1.807, 2.05) is 19.2 Å². The van der Waals surface area contributed by atoms with Gasteiger partial charge in [0.2, 0.25) is 11.6 Å². The maximum absolute atomic E-state index is 11.1. The summed E-state index contributed by atoms with van der Waals surface area (Å²) in [7, 11) is 4.07. The number of carbonyl (C=O) groups excluding carboxylic acids is 4. The molecule has 1 amide bonds. The van der Waals surface area contributed by atoms with Gasteiger partial charge in [0.1, 0.15) is 0 Å². The van der Waals surface area contributed by atoms with E-state index in [0.717, 1.165) is 19.8 Å². The molecule has 11 heteroatoms. The third-order valence-electron chi connectivity index (χ3n) is 5.65. The van der Waals surface area contributed by atoms with Crippen molar-refractivity contribution in [2.24, 2.45) is 19.8 Å². The molecule has 0 fully saturated rings. The molecule has 3 N–H and O–H groups in total. The van der Waals surface area contributed by atoms with Crippen LogP contribution in [0.4, 0.5) is 0 Å². The van der Waals surface area contributed by atoms with Gasteiger partial charge in [-0.1, -0.05) is 36.4 Å². The molecule has 0 unspecified atom stereocenters. The van der Waals surface area contributed by atoms with Crippen molar-refractivity contribution in [3.8, 4) is 0 Å². The molecule has 0 aliphatic heterocycles. The SMILES string of the molecule is CC(=O)C(=O)Cl.CC(=O)C(=O)NCCc1cn(C)c2ccccc12.Cn1cc(CCN)c2ccccc21.II. The molecular weight excluding hydrogens is 746 g/mol. The van der Waals surface area contributed by atoms with Gasteiger partial charge in [0, 0.05) is 106 Å². The summed E-state index contributed by atoms with van der Waals surface area (Å²) in [5.74, 6) is -1.58. The second-order valence-corrected chi connectivity index (χ2v) is 8.84. The van der Waals surface area contributed by atoms with Crippen LogP contribution in [0.25, 0.3) is 21.8 Å². The van der Waals surface area contributed by atoms with E-state index in [4.69, 9.17) is 5.73 Å². The summed E-state index contributed by atoms with van der Waals surface area (Å²) in [6.45, 7) is 3.59. The smallest absolute Gasteiger partial charge is 0.287 e. The number of para-hydroxylation sites is 2. The Morgan fingerprint density at radius 2 is 1.21 bits per heavy atom. The lowest BCUT2D eigenvalue weighted by molar-refractivity contribution is -0.136. The first-order chi connectivity index (χ1) is 18.6. The van der Waals surface area contributed by atoms with Gasteiger partial charge in [-0.05, 0) is 54.2 Å². The van der Waals surface area contributed by atoms with Crippen LogP contribution in [0.2, 0.25) is 0 Å². The van der Waals surface area contributed by atoms with Gasteiger partial charge >= 0.3 is 0 Å². The number of aromatic nitrogens is 2. The van der Waals surface area contributed by atoms with Crippen molar-refractivity contribution in [1.82, 2.24) is 14.5 Å². The molecule has 39 heavy (non-hydrogen) atoms. The maximum Gasteiger partial charge on any atom is 0.287 e. The van der Waals surface area contributed by atoms with Gasteiger partial charge in [-0.3, -0.25) is 19.2 Å². The van der Waals surface area contributed by atoms with Gasteiger partial charge in [0.05, 0.1) is 0 Å². The van der Waals surface area contributed by atoms with Gasteiger partial charge < -0.3 is 20.2 Å². The van der Waals surface area contributed by atoms with Crippen LogP contribution >= 0.6 is 48.8 Å². The number of ketones is 2. The Bertz CT molecular complexity index is 1400. The highest BCUT2D eigenvalue weighted by atomic mass is 128. The number of hydrogen-bond donors (Lipinski definition) is 2. The van der Waals surface area contributed by atoms with Crippen molar-refractivity contribution in [3.05, 3.63) is 72.1 Å². The largest absolute Gasteiger partial charge is 0.350 e. The van der Waals surface area contributed by atoms with Crippen molar-refractivity contribution in [2.75, 3.05) is 13.1 Å². The molecule has 2 aromatic carbocycles. The van der Waals surface area contributed by atoms with Crippen LogP contribution < -0.4 is 11.1 Å². The quantitative estimate of drug-likeness (QED) is 0.152. The van der Waals surface area contributed by atoms with Crippen LogP contribution in [0.5, 0.6) is 0 Å². The average Bonchev–Trinajstić information content (AvgIpc) is 3.42. The number of fused-ring (bicyclic) bond motifs is 2. The van der Waals surface area contributed by atoms with E-state index in [9.17, 15) is 19.2 Å². The number of halogens is 3. The van der Waals surface area contributed by atoms with Crippen LogP contribution in [-0.4, -0.2) is 44.9 Å². The van der Waals surface area contributed by atoms with E-state index < -0.39 is 22.7 Å². The lowest BCUT2D eigenvalue weighted by Crippen LogP contribution is -2.30. The zero-order valence-corrected chi connectivity index (χ0v) is 27.4. The van der Waals surface area contributed by atoms with Crippen molar-refractivity contribution >= 4 is 93.4 Å². The number of aryl methyl sites for hydroxylation is 2. The number of carbonyl (C=O) groups is 4. The summed E-state index contributed by atoms with van der Waals surface area (Å²) in [5.41, 5.74) is 10.5. The van der Waals surface area contributed by atoms with Gasteiger partial charge in [0.25, 0.3) is 11.1 Å². The van der Waals surface area contributed by atoms with Gasteiger partial charge in [-0.15, -0.1) is 0 Å². The van der Waals surface area contributed by atoms with Gasteiger partial charge in [0.15, 0.2) is 0 Å². The van der Waals surface area contributed by atoms with Crippen LogP contribution in [0.3, 0.4) is 0 Å². The molecule has 2 aromatic heterocycles. The highest BCUT2D eigenvalue weighted by molar-refractivity contribution is 15.0. The summed E-state index contributed by atoms with van der Waals surface area (Å²) >= 11 is 8.86. The Labute approximate surface area is 256 Å². The number of Topliss-reactive ketones (excluding diaryl/α,β-unsaturated/α-hetero) is 2. The molecule has 2 heterocycles. The minimum absolute atomic E-state index is 0.451. The number of nitrogens with one attached hydrogen (secondary N) is 1. The molecule has 210 valence electrons. The average molecular weight is 779 g/mol. The first kappa shape index (κ1) is 34.7. The summed E-state index contributed by atoms with van der Waals surface area (Å²) < 4.78 is 4.22. The topological polar surface area (TPSA) is 116 Å². The Morgan fingerprint density at radius 1 is 0.795 bits per heavy atom. The molecular formula is C28H33ClI2N4O4. The fourth-order valence-corrected chi connectivity index (χ4v) is 3.84. The number of amides is 1. The highest BCUT2D eigenvalue weighted by Gasteiger charge is 2.09. The van der Waals surface area contributed by atoms with E-state index in [2.05, 4.69) is 119 Å². The molecule has 0 bridgehead atoms. The van der Waals surface area contributed by atoms with Crippen LogP contribution in [0.15, 0.2) is 60.9 Å². The number of hydrogen-bond acceptors (Lipinski definition) is 5. The fourth-order valence-electron chi connectivity index (χ4n) is 3.84. The highest BCUT2D eigenvalue weighted by Crippen LogP contribution is 2.21. The van der Waals surface area contributed by atoms with Crippen molar-refractivity contribution < 1.29 is 19.2 Å². The number of nitrogens with two attached hydrogens (primary N) is 1. The van der Waals surface area contributed by atoms with E-state index in [1.54, 1.807) is 0 Å². The molecule has 4 rings (SSSR count). The predicted octanol–water partition coefficient (Wildman–Crippen LogP) is 5.22. The molecule has 4 aromatic rings. The number of rotatable bonds is 7. The standard InChI is InChI=1S/C14H16N2O2.C11H14N2.C3H3ClO2.I2/c1-10(17)14(18)15-8-7-11-9-16(2)13-6-4-3-5-12(11)13;1-13-8-9(6-7-12)10-4-2-3-5-11(10)13;1-2(5)3(4)6;1-2/h3-6,9H,7-8H2,1-2H3,(H,15,18);2-5,8H,6-7,12H2,1H3;1H3;. The van der Waals surface area contributed by atoms with E-state index >= 15 is 0 Å². The van der Waals surface area contributed by atoms with E-state index in [-0.39, 0.29) is 0 Å². The van der Waals surface area contributed by atoms with Crippen LogP contribution in [-0.2, 0) is 46.1 Å². The fraction of sp³-hybridized carbons (Fsp3) is 0.286. The molecule has 0 atom stereocenters. The maximum atomic E-state index is 11.1. The molecule has 0 aliphatic carbocycles. The summed E-state index contributed by atoms with van der Waals surface area (Å²) in [6, 6.07) is 16.6. The third-order valence-corrected chi connectivity index (χ3v) is 5.92. The monoisotopic (exact) mass is 778 g/mol. The Kier molecular flexibility index (Phi) is 16.2. The van der Waals surface area contributed by atoms with Crippen molar-refractivity contribution in [3.63, 3.8) is 0 Å². The molecule has 0 aliphatic rings. The first-order valence-corrected chi connectivity index (χ1v) is 18.6. The third kappa shape index (κ3) is 11.0. The molecule has 0 radical (unpaired) electrons. The summed E-state index contributed by atoms with van der Waals surface area (Å²) in [4.78, 5) is 41.1.